The first-order chi connectivity index (χ1) is 8.52. The fourth-order valence-corrected chi connectivity index (χ4v) is 1.71. The Bertz CT molecular complexity index is 285. The Balaban J connectivity index is 4.11. The third-order valence-corrected chi connectivity index (χ3v) is 3.19. The van der Waals surface area contributed by atoms with Crippen molar-refractivity contribution in [3.8, 4) is 0 Å². The molecule has 1 amide bonds. The van der Waals surface area contributed by atoms with E-state index in [-0.39, 0.29) is 12.3 Å². The highest BCUT2D eigenvalue weighted by atomic mass is 16.5. The molecule has 0 aliphatic heterocycles. The summed E-state index contributed by atoms with van der Waals surface area (Å²) in [5.41, 5.74) is -0.943. The summed E-state index contributed by atoms with van der Waals surface area (Å²) in [5.74, 6) is -1.13. The van der Waals surface area contributed by atoms with E-state index >= 15 is 0 Å². The molecule has 0 radical (unpaired) electrons. The molecule has 5 nitrogen and oxygen atoms in total. The van der Waals surface area contributed by atoms with E-state index in [4.69, 9.17) is 4.74 Å². The van der Waals surface area contributed by atoms with Crippen molar-refractivity contribution >= 4 is 11.9 Å². The number of amides is 1. The molecule has 0 aromatic rings. The van der Waals surface area contributed by atoms with Crippen LogP contribution in [0.5, 0.6) is 0 Å². The Morgan fingerprint density at radius 1 is 1.39 bits per heavy atom. The topological polar surface area (TPSA) is 75.6 Å². The Kier molecular flexibility index (Phi) is 7.83. The standard InChI is InChI=1S/C13H23NO4/c1-4-13(5-2,12(16)17)10-11(15)14-8-7-9-18-6-3/h6H,3-5,7-10H2,1-2H3,(H,14,15)(H,16,17). The molecule has 0 aromatic carbocycles. The number of carbonyl (C=O) groups is 2. The van der Waals surface area contributed by atoms with E-state index in [9.17, 15) is 14.7 Å². The van der Waals surface area contributed by atoms with Gasteiger partial charge in [0.25, 0.3) is 0 Å². The van der Waals surface area contributed by atoms with Crippen molar-refractivity contribution in [3.05, 3.63) is 12.8 Å². The highest BCUT2D eigenvalue weighted by molar-refractivity contribution is 5.84. The molecule has 0 saturated carbocycles. The van der Waals surface area contributed by atoms with Crippen LogP contribution in [0.25, 0.3) is 0 Å². The Labute approximate surface area is 108 Å². The lowest BCUT2D eigenvalue weighted by Crippen LogP contribution is -2.37. The summed E-state index contributed by atoms with van der Waals surface area (Å²) in [7, 11) is 0. The van der Waals surface area contributed by atoms with Crippen molar-refractivity contribution in [2.75, 3.05) is 13.2 Å². The third-order valence-electron chi connectivity index (χ3n) is 3.19. The molecule has 0 aliphatic carbocycles. The smallest absolute Gasteiger partial charge is 0.310 e. The van der Waals surface area contributed by atoms with E-state index in [1.165, 1.54) is 6.26 Å². The van der Waals surface area contributed by atoms with Crippen LogP contribution in [0.3, 0.4) is 0 Å². The molecular weight excluding hydrogens is 234 g/mol. The Hall–Kier alpha value is -1.52. The molecular formula is C13H23NO4. The van der Waals surface area contributed by atoms with Crippen molar-refractivity contribution < 1.29 is 19.4 Å². The van der Waals surface area contributed by atoms with Crippen LogP contribution in [0.1, 0.15) is 39.5 Å². The Morgan fingerprint density at radius 3 is 2.44 bits per heavy atom. The highest BCUT2D eigenvalue weighted by Crippen LogP contribution is 2.30. The van der Waals surface area contributed by atoms with Crippen molar-refractivity contribution in [1.29, 1.82) is 0 Å². The maximum atomic E-state index is 11.7. The normalized spacial score (nSPS) is 10.8. The third kappa shape index (κ3) is 5.21. The van der Waals surface area contributed by atoms with Crippen LogP contribution < -0.4 is 5.32 Å². The molecule has 104 valence electrons. The van der Waals surface area contributed by atoms with E-state index in [0.717, 1.165) is 0 Å². The minimum absolute atomic E-state index is 0.0254. The van der Waals surface area contributed by atoms with Crippen LogP contribution in [-0.2, 0) is 14.3 Å². The molecule has 0 bridgehead atoms. The van der Waals surface area contributed by atoms with Crippen molar-refractivity contribution in [3.63, 3.8) is 0 Å². The molecule has 5 heteroatoms. The number of rotatable bonds is 10. The lowest BCUT2D eigenvalue weighted by molar-refractivity contribution is -0.152. The molecule has 0 aromatic heterocycles. The number of hydrogen-bond donors (Lipinski definition) is 2. The van der Waals surface area contributed by atoms with Crippen LogP contribution in [0.15, 0.2) is 12.8 Å². The van der Waals surface area contributed by atoms with Gasteiger partial charge >= 0.3 is 5.97 Å². The zero-order chi connectivity index (χ0) is 14.0. The summed E-state index contributed by atoms with van der Waals surface area (Å²) in [5, 5.41) is 11.9. The monoisotopic (exact) mass is 257 g/mol. The Morgan fingerprint density at radius 2 is 2.00 bits per heavy atom. The van der Waals surface area contributed by atoms with Gasteiger partial charge in [0.2, 0.25) is 5.91 Å². The van der Waals surface area contributed by atoms with Gasteiger partial charge in [-0.1, -0.05) is 20.4 Å². The summed E-state index contributed by atoms with van der Waals surface area (Å²) < 4.78 is 4.92. The molecule has 0 fully saturated rings. The van der Waals surface area contributed by atoms with Gasteiger partial charge < -0.3 is 15.2 Å². The molecule has 0 spiro atoms. The molecule has 0 saturated heterocycles. The fourth-order valence-electron chi connectivity index (χ4n) is 1.71. The van der Waals surface area contributed by atoms with E-state index in [2.05, 4.69) is 11.9 Å². The second-order valence-corrected chi connectivity index (χ2v) is 4.21. The number of carboxylic acid groups (broad SMARTS) is 1. The summed E-state index contributed by atoms with van der Waals surface area (Å²) in [4.78, 5) is 22.9. The SMILES string of the molecule is C=COCCCNC(=O)CC(CC)(CC)C(=O)O. The maximum absolute atomic E-state index is 11.7. The van der Waals surface area contributed by atoms with Crippen LogP contribution in [-0.4, -0.2) is 30.1 Å². The lowest BCUT2D eigenvalue weighted by Gasteiger charge is -2.25. The molecule has 0 rings (SSSR count). The zero-order valence-corrected chi connectivity index (χ0v) is 11.2. The first kappa shape index (κ1) is 16.5. The van der Waals surface area contributed by atoms with E-state index in [1.807, 2.05) is 0 Å². The predicted molar refractivity (Wildman–Crippen MR) is 69.0 cm³/mol. The second kappa shape index (κ2) is 8.55. The number of carboxylic acids is 1. The van der Waals surface area contributed by atoms with Crippen molar-refractivity contribution in [1.82, 2.24) is 5.32 Å². The molecule has 0 aliphatic rings. The van der Waals surface area contributed by atoms with Crippen molar-refractivity contribution in [2.45, 2.75) is 39.5 Å². The van der Waals surface area contributed by atoms with E-state index in [0.29, 0.717) is 32.4 Å². The van der Waals surface area contributed by atoms with Crippen LogP contribution in [0, 0.1) is 5.41 Å². The highest BCUT2D eigenvalue weighted by Gasteiger charge is 2.36. The summed E-state index contributed by atoms with van der Waals surface area (Å²) in [6.45, 7) is 7.97. The largest absolute Gasteiger partial charge is 0.502 e. The van der Waals surface area contributed by atoms with Gasteiger partial charge in [-0.05, 0) is 19.3 Å². The van der Waals surface area contributed by atoms with Crippen molar-refractivity contribution in [2.24, 2.45) is 5.41 Å². The van der Waals surface area contributed by atoms with Crippen LogP contribution in [0.4, 0.5) is 0 Å². The molecule has 0 heterocycles. The van der Waals surface area contributed by atoms with Gasteiger partial charge in [0.05, 0.1) is 18.3 Å². The molecule has 0 atom stereocenters. The number of hydrogen-bond acceptors (Lipinski definition) is 3. The van der Waals surface area contributed by atoms with Gasteiger partial charge in [-0.2, -0.15) is 0 Å². The molecule has 0 unspecified atom stereocenters. The first-order valence-corrected chi connectivity index (χ1v) is 6.25. The number of aliphatic carboxylic acids is 1. The number of nitrogens with one attached hydrogen (secondary N) is 1. The van der Waals surface area contributed by atoms with Gasteiger partial charge in [-0.3, -0.25) is 9.59 Å². The number of ether oxygens (including phenoxy) is 1. The minimum atomic E-state index is -0.943. The van der Waals surface area contributed by atoms with Crippen LogP contribution in [0.2, 0.25) is 0 Å². The molecule has 2 N–H and O–H groups in total. The average molecular weight is 257 g/mol. The number of carbonyl (C=O) groups excluding carboxylic acids is 1. The summed E-state index contributed by atoms with van der Waals surface area (Å²) in [6, 6.07) is 0. The second-order valence-electron chi connectivity index (χ2n) is 4.21. The fraction of sp³-hybridized carbons (Fsp3) is 0.692. The zero-order valence-electron chi connectivity index (χ0n) is 11.2. The predicted octanol–water partition coefficient (Wildman–Crippen LogP) is 1.93. The van der Waals surface area contributed by atoms with E-state index in [1.54, 1.807) is 13.8 Å². The first-order valence-electron chi connectivity index (χ1n) is 6.25. The molecule has 18 heavy (non-hydrogen) atoms. The van der Waals surface area contributed by atoms with Gasteiger partial charge in [-0.15, -0.1) is 0 Å². The minimum Gasteiger partial charge on any atom is -0.502 e. The van der Waals surface area contributed by atoms with E-state index < -0.39 is 11.4 Å². The summed E-state index contributed by atoms with van der Waals surface area (Å²) in [6.07, 6.45) is 2.96. The van der Waals surface area contributed by atoms with Gasteiger partial charge in [0.15, 0.2) is 0 Å². The lowest BCUT2D eigenvalue weighted by atomic mass is 9.79. The van der Waals surface area contributed by atoms with Crippen LogP contribution >= 0.6 is 0 Å². The van der Waals surface area contributed by atoms with Gasteiger partial charge in [0.1, 0.15) is 0 Å². The maximum Gasteiger partial charge on any atom is 0.310 e. The van der Waals surface area contributed by atoms with Gasteiger partial charge in [-0.25, -0.2) is 0 Å². The average Bonchev–Trinajstić information content (AvgIpc) is 2.35. The quantitative estimate of drug-likeness (QED) is 0.463. The van der Waals surface area contributed by atoms with Gasteiger partial charge in [0, 0.05) is 13.0 Å². The summed E-state index contributed by atoms with van der Waals surface area (Å²) >= 11 is 0.